The second-order valence-electron chi connectivity index (χ2n) is 2.49. The molecule has 3 N–H and O–H groups in total. The minimum absolute atomic E-state index is 0.169. The van der Waals surface area contributed by atoms with Gasteiger partial charge in [-0.05, 0) is 0 Å². The summed E-state index contributed by atoms with van der Waals surface area (Å²) in [4.78, 5) is 24.2. The van der Waals surface area contributed by atoms with Crippen LogP contribution in [0.3, 0.4) is 0 Å². The minimum Gasteiger partial charge on any atom is -0.480 e. The minimum atomic E-state index is -1.51. The van der Waals surface area contributed by atoms with Crippen molar-refractivity contribution in [2.24, 2.45) is 5.16 Å². The van der Waals surface area contributed by atoms with Gasteiger partial charge in [-0.3, -0.25) is 14.9 Å². The molecule has 13 heavy (non-hydrogen) atoms. The largest absolute Gasteiger partial charge is 0.532 e. The molecule has 0 spiro atoms. The Labute approximate surface area is 73.0 Å². The SMILES string of the molecule is O=C(O)O/N=C1/CN[C@@H](C(=O)O)C1. The van der Waals surface area contributed by atoms with Crippen molar-refractivity contribution in [3.05, 3.63) is 0 Å². The third-order valence-corrected chi connectivity index (χ3v) is 1.54. The zero-order valence-electron chi connectivity index (χ0n) is 6.56. The van der Waals surface area contributed by atoms with E-state index >= 15 is 0 Å². The number of aliphatic carboxylic acids is 1. The lowest BCUT2D eigenvalue weighted by atomic mass is 10.2. The van der Waals surface area contributed by atoms with Crippen LogP contribution >= 0.6 is 0 Å². The molecule has 1 fully saturated rings. The predicted molar refractivity (Wildman–Crippen MR) is 40.6 cm³/mol. The molecule has 0 bridgehead atoms. The number of hydrogen-bond acceptors (Lipinski definition) is 5. The van der Waals surface area contributed by atoms with Crippen LogP contribution in [-0.2, 0) is 9.63 Å². The fourth-order valence-corrected chi connectivity index (χ4v) is 0.969. The number of nitrogens with one attached hydrogen (secondary N) is 1. The fourth-order valence-electron chi connectivity index (χ4n) is 0.969. The lowest BCUT2D eigenvalue weighted by molar-refractivity contribution is -0.138. The molecular weight excluding hydrogens is 180 g/mol. The molecule has 0 aromatic heterocycles. The number of rotatable bonds is 2. The van der Waals surface area contributed by atoms with Crippen LogP contribution in [0.15, 0.2) is 5.16 Å². The Morgan fingerprint density at radius 2 is 2.23 bits per heavy atom. The first-order valence-electron chi connectivity index (χ1n) is 3.51. The smallest absolute Gasteiger partial charge is 0.480 e. The molecule has 1 saturated heterocycles. The van der Waals surface area contributed by atoms with E-state index in [1.54, 1.807) is 0 Å². The monoisotopic (exact) mass is 188 g/mol. The molecule has 0 aromatic carbocycles. The van der Waals surface area contributed by atoms with Crippen LogP contribution in [0.1, 0.15) is 6.42 Å². The highest BCUT2D eigenvalue weighted by Gasteiger charge is 2.26. The number of carbonyl (C=O) groups is 2. The van der Waals surface area contributed by atoms with Crippen molar-refractivity contribution in [1.29, 1.82) is 0 Å². The average Bonchev–Trinajstić information content (AvgIpc) is 2.48. The van der Waals surface area contributed by atoms with Crippen molar-refractivity contribution in [1.82, 2.24) is 5.32 Å². The van der Waals surface area contributed by atoms with Gasteiger partial charge in [-0.1, -0.05) is 5.16 Å². The zero-order valence-corrected chi connectivity index (χ0v) is 6.56. The second kappa shape index (κ2) is 3.85. The fraction of sp³-hybridized carbons (Fsp3) is 0.500. The van der Waals surface area contributed by atoms with Crippen LogP contribution < -0.4 is 5.32 Å². The summed E-state index contributed by atoms with van der Waals surface area (Å²) in [7, 11) is 0. The van der Waals surface area contributed by atoms with Gasteiger partial charge in [0.1, 0.15) is 6.04 Å². The second-order valence-corrected chi connectivity index (χ2v) is 2.49. The Bertz CT molecular complexity index is 262. The van der Waals surface area contributed by atoms with Crippen LogP contribution in [-0.4, -0.2) is 40.6 Å². The number of hydrogen-bond donors (Lipinski definition) is 3. The molecule has 1 aliphatic heterocycles. The normalized spacial score (nSPS) is 24.6. The van der Waals surface area contributed by atoms with Gasteiger partial charge in [-0.15, -0.1) is 0 Å². The maximum absolute atomic E-state index is 10.4. The summed E-state index contributed by atoms with van der Waals surface area (Å²) in [6.07, 6.45) is -1.34. The van der Waals surface area contributed by atoms with E-state index in [2.05, 4.69) is 15.3 Å². The summed E-state index contributed by atoms with van der Waals surface area (Å²) in [5, 5.41) is 22.5. The maximum atomic E-state index is 10.4. The standard InChI is InChI=1S/C6H8N2O5/c9-5(10)4-1-3(2-7-4)8-13-6(11)12/h4,7H,1-2H2,(H,9,10)(H,11,12)/b8-3+/t4-/m1/s1. The molecule has 1 rings (SSSR count). The van der Waals surface area contributed by atoms with E-state index in [1.807, 2.05) is 0 Å². The Balaban J connectivity index is 2.44. The first kappa shape index (κ1) is 9.46. The zero-order chi connectivity index (χ0) is 9.84. The number of carboxylic acids is 1. The van der Waals surface area contributed by atoms with Crippen molar-refractivity contribution < 1.29 is 24.6 Å². The molecule has 72 valence electrons. The van der Waals surface area contributed by atoms with Gasteiger partial charge in [0.25, 0.3) is 0 Å². The third kappa shape index (κ3) is 2.71. The van der Waals surface area contributed by atoms with Crippen LogP contribution in [0.5, 0.6) is 0 Å². The predicted octanol–water partition coefficient (Wildman–Crippen LogP) is -0.516. The van der Waals surface area contributed by atoms with Crippen molar-refractivity contribution in [2.75, 3.05) is 6.54 Å². The lowest BCUT2D eigenvalue weighted by Gasteiger charge is -1.98. The van der Waals surface area contributed by atoms with E-state index in [9.17, 15) is 9.59 Å². The van der Waals surface area contributed by atoms with E-state index < -0.39 is 18.2 Å². The number of nitrogens with zero attached hydrogens (tertiary/aromatic N) is 1. The van der Waals surface area contributed by atoms with Crippen LogP contribution in [0.4, 0.5) is 4.79 Å². The maximum Gasteiger partial charge on any atom is 0.532 e. The molecule has 0 amide bonds. The topological polar surface area (TPSA) is 108 Å². The average molecular weight is 188 g/mol. The summed E-state index contributed by atoms with van der Waals surface area (Å²) in [5.74, 6) is -0.986. The van der Waals surface area contributed by atoms with Gasteiger partial charge in [0.2, 0.25) is 0 Å². The molecule has 0 radical (unpaired) electrons. The summed E-state index contributed by atoms with van der Waals surface area (Å²) < 4.78 is 0. The van der Waals surface area contributed by atoms with E-state index in [1.165, 1.54) is 0 Å². The number of carboxylic acid groups (broad SMARTS) is 2. The summed E-state index contributed by atoms with van der Waals surface area (Å²) in [6, 6.07) is -0.698. The van der Waals surface area contributed by atoms with Gasteiger partial charge >= 0.3 is 12.1 Å². The van der Waals surface area contributed by atoms with Crippen molar-refractivity contribution >= 4 is 17.8 Å². The van der Waals surface area contributed by atoms with E-state index in [-0.39, 0.29) is 13.0 Å². The highest BCUT2D eigenvalue weighted by Crippen LogP contribution is 2.03. The molecule has 1 heterocycles. The van der Waals surface area contributed by atoms with Crippen LogP contribution in [0, 0.1) is 0 Å². The highest BCUT2D eigenvalue weighted by atomic mass is 16.7. The van der Waals surface area contributed by atoms with Gasteiger partial charge in [0.05, 0.1) is 5.71 Å². The molecule has 0 aliphatic carbocycles. The molecule has 7 nitrogen and oxygen atoms in total. The first-order valence-corrected chi connectivity index (χ1v) is 3.51. The van der Waals surface area contributed by atoms with Crippen molar-refractivity contribution in [2.45, 2.75) is 12.5 Å². The van der Waals surface area contributed by atoms with E-state index in [0.717, 1.165) is 0 Å². The van der Waals surface area contributed by atoms with Gasteiger partial charge in [0, 0.05) is 13.0 Å². The molecule has 0 saturated carbocycles. The molecule has 1 aliphatic rings. The van der Waals surface area contributed by atoms with Crippen molar-refractivity contribution in [3.63, 3.8) is 0 Å². The summed E-state index contributed by atoms with van der Waals surface area (Å²) in [6.45, 7) is 0.240. The molecule has 0 aromatic rings. The van der Waals surface area contributed by atoms with Gasteiger partial charge in [-0.2, -0.15) is 0 Å². The van der Waals surface area contributed by atoms with Gasteiger partial charge in [0.15, 0.2) is 0 Å². The van der Waals surface area contributed by atoms with Crippen molar-refractivity contribution in [3.8, 4) is 0 Å². The van der Waals surface area contributed by atoms with Gasteiger partial charge < -0.3 is 10.2 Å². The Morgan fingerprint density at radius 3 is 2.69 bits per heavy atom. The van der Waals surface area contributed by atoms with Crippen LogP contribution in [0.25, 0.3) is 0 Å². The third-order valence-electron chi connectivity index (χ3n) is 1.54. The molecule has 7 heteroatoms. The molecule has 0 unspecified atom stereocenters. The van der Waals surface area contributed by atoms with E-state index in [4.69, 9.17) is 10.2 Å². The molecule has 1 atom stereocenters. The Morgan fingerprint density at radius 1 is 1.54 bits per heavy atom. The Kier molecular flexibility index (Phi) is 2.80. The first-order chi connectivity index (χ1) is 6.09. The van der Waals surface area contributed by atoms with Gasteiger partial charge in [-0.25, -0.2) is 4.79 Å². The lowest BCUT2D eigenvalue weighted by Crippen LogP contribution is -2.29. The number of oxime groups is 1. The van der Waals surface area contributed by atoms with Crippen LogP contribution in [0.2, 0.25) is 0 Å². The van der Waals surface area contributed by atoms with E-state index in [0.29, 0.717) is 5.71 Å². The summed E-state index contributed by atoms with van der Waals surface area (Å²) in [5.41, 5.74) is 0.384. The summed E-state index contributed by atoms with van der Waals surface area (Å²) >= 11 is 0. The Hall–Kier alpha value is -1.63. The quantitative estimate of drug-likeness (QED) is 0.397. The highest BCUT2D eigenvalue weighted by molar-refractivity contribution is 5.94. The molecular formula is C6H8N2O5.